The molecule has 2 aromatic rings. The molecule has 1 atom stereocenters. The molecule has 0 spiro atoms. The van der Waals surface area contributed by atoms with Gasteiger partial charge in [0.15, 0.2) is 0 Å². The predicted octanol–water partition coefficient (Wildman–Crippen LogP) is 2.01. The van der Waals surface area contributed by atoms with E-state index in [9.17, 15) is 0 Å². The highest BCUT2D eigenvalue weighted by atomic mass is 16.3. The van der Waals surface area contributed by atoms with E-state index in [4.69, 9.17) is 8.83 Å². The first-order valence-corrected chi connectivity index (χ1v) is 5.41. The highest BCUT2D eigenvalue weighted by Gasteiger charge is 2.08. The number of hydrogen-bond donors (Lipinski definition) is 1. The molecule has 86 valence electrons. The molecule has 0 saturated heterocycles. The van der Waals surface area contributed by atoms with Crippen molar-refractivity contribution >= 4 is 0 Å². The standard InChI is InChI=1S/C12H16N2O2/c1-9(13-2)6-10-8-16-12(14-10)7-11-4-3-5-15-11/h3-5,8-9,13H,6-7H2,1-2H3. The van der Waals surface area contributed by atoms with Crippen molar-refractivity contribution < 1.29 is 8.83 Å². The smallest absolute Gasteiger partial charge is 0.201 e. The molecule has 0 radical (unpaired) electrons. The van der Waals surface area contributed by atoms with Crippen LogP contribution in [0.3, 0.4) is 0 Å². The molecule has 0 aliphatic carbocycles. The summed E-state index contributed by atoms with van der Waals surface area (Å²) in [4.78, 5) is 4.41. The van der Waals surface area contributed by atoms with Gasteiger partial charge in [0.1, 0.15) is 12.0 Å². The van der Waals surface area contributed by atoms with E-state index in [0.717, 1.165) is 17.9 Å². The topological polar surface area (TPSA) is 51.2 Å². The van der Waals surface area contributed by atoms with E-state index >= 15 is 0 Å². The molecule has 4 nitrogen and oxygen atoms in total. The summed E-state index contributed by atoms with van der Waals surface area (Å²) in [5.74, 6) is 1.57. The van der Waals surface area contributed by atoms with E-state index in [1.165, 1.54) is 0 Å². The van der Waals surface area contributed by atoms with Crippen LogP contribution < -0.4 is 5.32 Å². The van der Waals surface area contributed by atoms with Crippen molar-refractivity contribution in [1.82, 2.24) is 10.3 Å². The quantitative estimate of drug-likeness (QED) is 0.837. The highest BCUT2D eigenvalue weighted by molar-refractivity contribution is 5.07. The molecule has 0 bridgehead atoms. The van der Waals surface area contributed by atoms with Gasteiger partial charge in [0, 0.05) is 12.5 Å². The molecule has 0 fully saturated rings. The lowest BCUT2D eigenvalue weighted by atomic mass is 10.2. The molecule has 16 heavy (non-hydrogen) atoms. The number of nitrogens with one attached hydrogen (secondary N) is 1. The lowest BCUT2D eigenvalue weighted by Crippen LogP contribution is -2.23. The molecule has 0 aromatic carbocycles. The second-order valence-electron chi connectivity index (χ2n) is 3.88. The number of rotatable bonds is 5. The predicted molar refractivity (Wildman–Crippen MR) is 60.2 cm³/mol. The maximum atomic E-state index is 5.38. The van der Waals surface area contributed by atoms with Crippen LogP contribution in [0.4, 0.5) is 0 Å². The van der Waals surface area contributed by atoms with Gasteiger partial charge in [-0.15, -0.1) is 0 Å². The fraction of sp³-hybridized carbons (Fsp3) is 0.417. The van der Waals surface area contributed by atoms with E-state index in [2.05, 4.69) is 17.2 Å². The van der Waals surface area contributed by atoms with E-state index in [0.29, 0.717) is 18.4 Å². The van der Waals surface area contributed by atoms with Gasteiger partial charge >= 0.3 is 0 Å². The Labute approximate surface area is 94.7 Å². The summed E-state index contributed by atoms with van der Waals surface area (Å²) in [6, 6.07) is 4.18. The lowest BCUT2D eigenvalue weighted by Gasteiger charge is -2.05. The summed E-state index contributed by atoms with van der Waals surface area (Å²) >= 11 is 0. The van der Waals surface area contributed by atoms with Crippen LogP contribution in [0.15, 0.2) is 33.5 Å². The minimum Gasteiger partial charge on any atom is -0.469 e. The van der Waals surface area contributed by atoms with Crippen LogP contribution in [0.25, 0.3) is 0 Å². The molecular formula is C12H16N2O2. The van der Waals surface area contributed by atoms with E-state index < -0.39 is 0 Å². The molecule has 2 heterocycles. The summed E-state index contributed by atoms with van der Waals surface area (Å²) in [5, 5.41) is 3.17. The monoisotopic (exact) mass is 220 g/mol. The van der Waals surface area contributed by atoms with Crippen molar-refractivity contribution in [2.45, 2.75) is 25.8 Å². The van der Waals surface area contributed by atoms with E-state index in [1.54, 1.807) is 12.5 Å². The second kappa shape index (κ2) is 4.99. The number of likely N-dealkylation sites (N-methyl/N-ethyl adjacent to an activating group) is 1. The summed E-state index contributed by atoms with van der Waals surface area (Å²) in [5.41, 5.74) is 0.975. The van der Waals surface area contributed by atoms with Crippen LogP contribution in [0, 0.1) is 0 Å². The summed E-state index contributed by atoms with van der Waals surface area (Å²) in [6.07, 6.45) is 4.85. The number of furan rings is 1. The SMILES string of the molecule is CNC(C)Cc1coc(Cc2ccco2)n1. The molecule has 1 unspecified atom stereocenters. The Morgan fingerprint density at radius 2 is 2.31 bits per heavy atom. The van der Waals surface area contributed by atoms with Crippen molar-refractivity contribution in [2.24, 2.45) is 0 Å². The molecule has 0 aliphatic rings. The van der Waals surface area contributed by atoms with Gasteiger partial charge in [-0.1, -0.05) is 0 Å². The Bertz CT molecular complexity index is 420. The molecule has 0 amide bonds. The van der Waals surface area contributed by atoms with Gasteiger partial charge in [-0.3, -0.25) is 0 Å². The zero-order valence-corrected chi connectivity index (χ0v) is 9.56. The third-order valence-electron chi connectivity index (χ3n) is 2.51. The normalized spacial score (nSPS) is 12.9. The van der Waals surface area contributed by atoms with Gasteiger partial charge in [0.05, 0.1) is 18.4 Å². The average molecular weight is 220 g/mol. The van der Waals surface area contributed by atoms with Crippen molar-refractivity contribution in [3.05, 3.63) is 42.0 Å². The third-order valence-corrected chi connectivity index (χ3v) is 2.51. The van der Waals surface area contributed by atoms with Crippen molar-refractivity contribution in [3.63, 3.8) is 0 Å². The third kappa shape index (κ3) is 2.73. The molecule has 1 N–H and O–H groups in total. The first-order chi connectivity index (χ1) is 7.78. The fourth-order valence-electron chi connectivity index (χ4n) is 1.50. The molecule has 0 saturated carbocycles. The second-order valence-corrected chi connectivity index (χ2v) is 3.88. The van der Waals surface area contributed by atoms with Crippen molar-refractivity contribution in [3.8, 4) is 0 Å². The minimum atomic E-state index is 0.404. The van der Waals surface area contributed by atoms with Crippen LogP contribution >= 0.6 is 0 Å². The van der Waals surface area contributed by atoms with Crippen LogP contribution in [0.5, 0.6) is 0 Å². The molecule has 4 heteroatoms. The van der Waals surface area contributed by atoms with Crippen LogP contribution in [-0.2, 0) is 12.8 Å². The molecule has 0 aliphatic heterocycles. The molecule has 2 rings (SSSR count). The number of nitrogens with zero attached hydrogens (tertiary/aromatic N) is 1. The maximum Gasteiger partial charge on any atom is 0.201 e. The zero-order chi connectivity index (χ0) is 11.4. The Kier molecular flexibility index (Phi) is 3.41. The van der Waals surface area contributed by atoms with Gasteiger partial charge in [-0.05, 0) is 26.1 Å². The van der Waals surface area contributed by atoms with Gasteiger partial charge in [0.2, 0.25) is 5.89 Å². The highest BCUT2D eigenvalue weighted by Crippen LogP contribution is 2.10. The first-order valence-electron chi connectivity index (χ1n) is 5.41. The van der Waals surface area contributed by atoms with E-state index in [-0.39, 0.29) is 0 Å². The van der Waals surface area contributed by atoms with Gasteiger partial charge in [-0.25, -0.2) is 4.98 Å². The summed E-state index contributed by atoms with van der Waals surface area (Å²) in [7, 11) is 1.94. The number of aromatic nitrogens is 1. The molecular weight excluding hydrogens is 204 g/mol. The Hall–Kier alpha value is -1.55. The van der Waals surface area contributed by atoms with Gasteiger partial charge in [-0.2, -0.15) is 0 Å². The summed E-state index contributed by atoms with van der Waals surface area (Å²) < 4.78 is 10.6. The van der Waals surface area contributed by atoms with E-state index in [1.807, 2.05) is 19.2 Å². The van der Waals surface area contributed by atoms with Crippen molar-refractivity contribution in [1.29, 1.82) is 0 Å². The Morgan fingerprint density at radius 3 is 3.00 bits per heavy atom. The van der Waals surface area contributed by atoms with Crippen molar-refractivity contribution in [2.75, 3.05) is 7.05 Å². The number of hydrogen-bond acceptors (Lipinski definition) is 4. The summed E-state index contributed by atoms with van der Waals surface area (Å²) in [6.45, 7) is 2.11. The van der Waals surface area contributed by atoms with Crippen LogP contribution in [0.1, 0.15) is 24.3 Å². The first kappa shape index (κ1) is 11.0. The largest absolute Gasteiger partial charge is 0.469 e. The minimum absolute atomic E-state index is 0.404. The Balaban J connectivity index is 1.97. The zero-order valence-electron chi connectivity index (χ0n) is 9.56. The Morgan fingerprint density at radius 1 is 1.44 bits per heavy atom. The average Bonchev–Trinajstić information content (AvgIpc) is 2.91. The fourth-order valence-corrected chi connectivity index (χ4v) is 1.50. The number of oxazole rings is 1. The van der Waals surface area contributed by atoms with Crippen LogP contribution in [0.2, 0.25) is 0 Å². The van der Waals surface area contributed by atoms with Crippen LogP contribution in [-0.4, -0.2) is 18.1 Å². The van der Waals surface area contributed by atoms with Gasteiger partial charge in [0.25, 0.3) is 0 Å². The van der Waals surface area contributed by atoms with Gasteiger partial charge < -0.3 is 14.2 Å². The lowest BCUT2D eigenvalue weighted by molar-refractivity contribution is 0.464. The molecule has 2 aromatic heterocycles. The maximum absolute atomic E-state index is 5.38.